The van der Waals surface area contributed by atoms with Crippen LogP contribution in [0.15, 0.2) is 48.5 Å². The van der Waals surface area contributed by atoms with Gasteiger partial charge in [-0.05, 0) is 29.3 Å². The second kappa shape index (κ2) is 7.66. The van der Waals surface area contributed by atoms with Crippen molar-refractivity contribution in [2.75, 3.05) is 26.5 Å². The molecule has 0 saturated carbocycles. The van der Waals surface area contributed by atoms with E-state index in [9.17, 15) is 8.42 Å². The highest BCUT2D eigenvalue weighted by Crippen LogP contribution is 2.31. The molecular weight excluding hydrogens is 336 g/mol. The second-order valence-corrected chi connectivity index (χ2v) is 8.36. The molecule has 5 nitrogen and oxygen atoms in total. The number of ether oxygens (including phenoxy) is 1. The van der Waals surface area contributed by atoms with Crippen molar-refractivity contribution in [1.82, 2.24) is 9.62 Å². The SMILES string of the molecule is CN1CCOC(c2ccccc2)c2ccc(CNS(C)(=O)=O)cc2C1. The monoisotopic (exact) mass is 360 g/mol. The van der Waals surface area contributed by atoms with E-state index in [4.69, 9.17) is 4.74 Å². The first-order valence-corrected chi connectivity index (χ1v) is 10.2. The van der Waals surface area contributed by atoms with Gasteiger partial charge in [-0.1, -0.05) is 48.5 Å². The standard InChI is InChI=1S/C19H24N2O3S/c1-21-10-11-24-19(16-6-4-3-5-7-16)18-9-8-15(12-17(18)14-21)13-20-25(2,22)23/h3-9,12,19-20H,10-11,13-14H2,1-2H3. The summed E-state index contributed by atoms with van der Waals surface area (Å²) in [6, 6.07) is 16.3. The van der Waals surface area contributed by atoms with Crippen molar-refractivity contribution in [3.8, 4) is 0 Å². The molecule has 1 atom stereocenters. The summed E-state index contributed by atoms with van der Waals surface area (Å²) in [4.78, 5) is 2.22. The van der Waals surface area contributed by atoms with E-state index in [1.807, 2.05) is 24.3 Å². The van der Waals surface area contributed by atoms with Crippen molar-refractivity contribution in [3.63, 3.8) is 0 Å². The van der Waals surface area contributed by atoms with Gasteiger partial charge in [-0.15, -0.1) is 0 Å². The number of fused-ring (bicyclic) bond motifs is 1. The lowest BCUT2D eigenvalue weighted by atomic mass is 9.94. The molecule has 0 saturated heterocycles. The first kappa shape index (κ1) is 18.1. The van der Waals surface area contributed by atoms with Gasteiger partial charge in [0.2, 0.25) is 10.0 Å². The molecule has 0 amide bonds. The molecule has 134 valence electrons. The smallest absolute Gasteiger partial charge is 0.209 e. The molecule has 1 heterocycles. The Bertz CT molecular complexity index is 822. The normalized spacial score (nSPS) is 19.0. The molecule has 6 heteroatoms. The molecule has 0 aliphatic carbocycles. The minimum atomic E-state index is -3.21. The summed E-state index contributed by atoms with van der Waals surface area (Å²) in [6.45, 7) is 2.64. The molecular formula is C19H24N2O3S. The van der Waals surface area contributed by atoms with E-state index in [1.165, 1.54) is 11.8 Å². The van der Waals surface area contributed by atoms with Gasteiger partial charge in [-0.2, -0.15) is 0 Å². The Hall–Kier alpha value is -1.73. The average molecular weight is 360 g/mol. The average Bonchev–Trinajstić information content (AvgIpc) is 2.56. The van der Waals surface area contributed by atoms with E-state index >= 15 is 0 Å². The first-order valence-electron chi connectivity index (χ1n) is 8.34. The number of rotatable bonds is 4. The van der Waals surface area contributed by atoms with Gasteiger partial charge in [-0.3, -0.25) is 4.90 Å². The van der Waals surface area contributed by atoms with Crippen LogP contribution in [0.25, 0.3) is 0 Å². The Morgan fingerprint density at radius 1 is 1.20 bits per heavy atom. The number of hydrogen-bond donors (Lipinski definition) is 1. The molecule has 1 N–H and O–H groups in total. The van der Waals surface area contributed by atoms with E-state index in [1.54, 1.807) is 0 Å². The van der Waals surface area contributed by atoms with Crippen molar-refractivity contribution in [1.29, 1.82) is 0 Å². The lowest BCUT2D eigenvalue weighted by Crippen LogP contribution is -2.28. The number of sulfonamides is 1. The summed E-state index contributed by atoms with van der Waals surface area (Å²) in [5.74, 6) is 0. The van der Waals surface area contributed by atoms with Crippen LogP contribution in [0, 0.1) is 0 Å². The Morgan fingerprint density at radius 3 is 2.68 bits per heavy atom. The third-order valence-electron chi connectivity index (χ3n) is 4.33. The fourth-order valence-electron chi connectivity index (χ4n) is 3.07. The summed E-state index contributed by atoms with van der Waals surface area (Å²) in [5, 5.41) is 0. The van der Waals surface area contributed by atoms with Crippen molar-refractivity contribution in [2.24, 2.45) is 0 Å². The van der Waals surface area contributed by atoms with Crippen LogP contribution in [0.4, 0.5) is 0 Å². The molecule has 2 aromatic rings. The predicted octanol–water partition coefficient (Wildman–Crippen LogP) is 2.29. The number of likely N-dealkylation sites (N-methyl/N-ethyl adjacent to an activating group) is 1. The van der Waals surface area contributed by atoms with Crippen LogP contribution in [0.1, 0.15) is 28.4 Å². The van der Waals surface area contributed by atoms with E-state index in [0.29, 0.717) is 13.2 Å². The largest absolute Gasteiger partial charge is 0.367 e. The topological polar surface area (TPSA) is 58.6 Å². The van der Waals surface area contributed by atoms with Gasteiger partial charge < -0.3 is 4.74 Å². The number of nitrogens with zero attached hydrogens (tertiary/aromatic N) is 1. The van der Waals surface area contributed by atoms with Crippen LogP contribution >= 0.6 is 0 Å². The van der Waals surface area contributed by atoms with E-state index < -0.39 is 10.0 Å². The number of benzene rings is 2. The summed E-state index contributed by atoms with van der Waals surface area (Å²) in [7, 11) is -1.14. The Kier molecular flexibility index (Phi) is 5.54. The molecule has 2 aromatic carbocycles. The first-order chi connectivity index (χ1) is 11.9. The highest BCUT2D eigenvalue weighted by Gasteiger charge is 2.21. The van der Waals surface area contributed by atoms with Gasteiger partial charge in [-0.25, -0.2) is 13.1 Å². The van der Waals surface area contributed by atoms with Crippen molar-refractivity contribution in [3.05, 3.63) is 70.8 Å². The van der Waals surface area contributed by atoms with Crippen LogP contribution < -0.4 is 4.72 Å². The Morgan fingerprint density at radius 2 is 1.96 bits per heavy atom. The maximum Gasteiger partial charge on any atom is 0.209 e. The van der Waals surface area contributed by atoms with Gasteiger partial charge in [0, 0.05) is 19.6 Å². The Balaban J connectivity index is 1.95. The van der Waals surface area contributed by atoms with Gasteiger partial charge >= 0.3 is 0 Å². The highest BCUT2D eigenvalue weighted by atomic mass is 32.2. The molecule has 0 aromatic heterocycles. The number of nitrogens with one attached hydrogen (secondary N) is 1. The van der Waals surface area contributed by atoms with Gasteiger partial charge in [0.25, 0.3) is 0 Å². The maximum atomic E-state index is 11.3. The molecule has 3 rings (SSSR count). The fraction of sp³-hybridized carbons (Fsp3) is 0.368. The van der Waals surface area contributed by atoms with Crippen molar-refractivity contribution in [2.45, 2.75) is 19.2 Å². The summed E-state index contributed by atoms with van der Waals surface area (Å²) >= 11 is 0. The molecule has 0 spiro atoms. The third kappa shape index (κ3) is 4.89. The van der Waals surface area contributed by atoms with E-state index in [0.717, 1.165) is 29.8 Å². The summed E-state index contributed by atoms with van der Waals surface area (Å²) < 4.78 is 31.4. The zero-order chi connectivity index (χ0) is 17.9. The molecule has 0 radical (unpaired) electrons. The lowest BCUT2D eigenvalue weighted by molar-refractivity contribution is 0.0554. The van der Waals surface area contributed by atoms with Gasteiger partial charge in [0.1, 0.15) is 6.10 Å². The molecule has 1 aliphatic rings. The lowest BCUT2D eigenvalue weighted by Gasteiger charge is -2.29. The Labute approximate surface area is 149 Å². The van der Waals surface area contributed by atoms with Crippen LogP contribution in [-0.4, -0.2) is 39.8 Å². The molecule has 0 bridgehead atoms. The van der Waals surface area contributed by atoms with Crippen molar-refractivity contribution >= 4 is 10.0 Å². The quantitative estimate of drug-likeness (QED) is 0.909. The molecule has 1 aliphatic heterocycles. The van der Waals surface area contributed by atoms with Gasteiger partial charge in [0.05, 0.1) is 12.9 Å². The third-order valence-corrected chi connectivity index (χ3v) is 5.00. The minimum Gasteiger partial charge on any atom is -0.367 e. The fourth-order valence-corrected chi connectivity index (χ4v) is 3.49. The van der Waals surface area contributed by atoms with Gasteiger partial charge in [0.15, 0.2) is 0 Å². The highest BCUT2D eigenvalue weighted by molar-refractivity contribution is 7.88. The molecule has 1 unspecified atom stereocenters. The van der Waals surface area contributed by atoms with Crippen LogP contribution in [-0.2, 0) is 27.8 Å². The van der Waals surface area contributed by atoms with Crippen molar-refractivity contribution < 1.29 is 13.2 Å². The summed E-state index contributed by atoms with van der Waals surface area (Å²) in [6.07, 6.45) is 1.08. The predicted molar refractivity (Wildman–Crippen MR) is 98.7 cm³/mol. The van der Waals surface area contributed by atoms with Crippen LogP contribution in [0.2, 0.25) is 0 Å². The zero-order valence-corrected chi connectivity index (χ0v) is 15.4. The maximum absolute atomic E-state index is 11.3. The molecule has 25 heavy (non-hydrogen) atoms. The number of hydrogen-bond acceptors (Lipinski definition) is 4. The minimum absolute atomic E-state index is 0.0955. The van der Waals surface area contributed by atoms with Crippen LogP contribution in [0.5, 0.6) is 0 Å². The second-order valence-electron chi connectivity index (χ2n) is 6.53. The zero-order valence-electron chi connectivity index (χ0n) is 14.6. The molecule has 0 fully saturated rings. The summed E-state index contributed by atoms with van der Waals surface area (Å²) in [5.41, 5.74) is 4.39. The van der Waals surface area contributed by atoms with E-state index in [2.05, 4.69) is 40.9 Å². The van der Waals surface area contributed by atoms with E-state index in [-0.39, 0.29) is 6.10 Å². The van der Waals surface area contributed by atoms with Crippen LogP contribution in [0.3, 0.4) is 0 Å².